The van der Waals surface area contributed by atoms with Crippen LogP contribution in [0.5, 0.6) is 0 Å². The van der Waals surface area contributed by atoms with E-state index in [4.69, 9.17) is 12.2 Å². The number of thiocarbonyl (C=S) groups is 1. The standard InChI is InChI=1S/C23H26FN5S/c1-18-3-2-4-20(13-18)15-27-9-11-28(12-10-27)23(30)26-22-14-25-29(17-22)16-19-5-7-21(24)8-6-19/h2-8,13-14,17H,9-12,15-16H2,1H3,(H,26,30). The molecule has 0 saturated carbocycles. The molecule has 156 valence electrons. The lowest BCUT2D eigenvalue weighted by Crippen LogP contribution is -2.49. The summed E-state index contributed by atoms with van der Waals surface area (Å²) in [6.45, 7) is 7.48. The highest BCUT2D eigenvalue weighted by Gasteiger charge is 2.19. The molecule has 1 saturated heterocycles. The molecular weight excluding hydrogens is 397 g/mol. The highest BCUT2D eigenvalue weighted by atomic mass is 32.1. The molecule has 30 heavy (non-hydrogen) atoms. The van der Waals surface area contributed by atoms with Crippen molar-refractivity contribution in [2.45, 2.75) is 20.0 Å². The van der Waals surface area contributed by atoms with E-state index in [0.29, 0.717) is 6.54 Å². The lowest BCUT2D eigenvalue weighted by Gasteiger charge is -2.36. The SMILES string of the molecule is Cc1cccc(CN2CCN(C(=S)Nc3cnn(Cc4ccc(F)cc4)c3)CC2)c1. The van der Waals surface area contributed by atoms with Gasteiger partial charge in [-0.25, -0.2) is 4.39 Å². The van der Waals surface area contributed by atoms with E-state index in [2.05, 4.69) is 51.4 Å². The van der Waals surface area contributed by atoms with Gasteiger partial charge in [0.2, 0.25) is 0 Å². The first-order valence-corrected chi connectivity index (χ1v) is 10.6. The second-order valence-electron chi connectivity index (χ2n) is 7.74. The Labute approximate surface area is 182 Å². The molecule has 0 amide bonds. The number of rotatable bonds is 5. The molecule has 5 nitrogen and oxygen atoms in total. The minimum atomic E-state index is -0.231. The van der Waals surface area contributed by atoms with Crippen molar-refractivity contribution in [3.8, 4) is 0 Å². The van der Waals surface area contributed by atoms with Gasteiger partial charge < -0.3 is 10.2 Å². The normalized spacial score (nSPS) is 14.7. The second-order valence-corrected chi connectivity index (χ2v) is 8.12. The maximum absolute atomic E-state index is 13.0. The first-order valence-electron chi connectivity index (χ1n) is 10.2. The number of aromatic nitrogens is 2. The monoisotopic (exact) mass is 423 g/mol. The van der Waals surface area contributed by atoms with Crippen molar-refractivity contribution in [1.29, 1.82) is 0 Å². The van der Waals surface area contributed by atoms with Gasteiger partial charge in [-0.05, 0) is 42.4 Å². The van der Waals surface area contributed by atoms with E-state index in [-0.39, 0.29) is 5.82 Å². The van der Waals surface area contributed by atoms with E-state index >= 15 is 0 Å². The summed E-state index contributed by atoms with van der Waals surface area (Å²) in [5, 5.41) is 8.39. The van der Waals surface area contributed by atoms with Gasteiger partial charge in [0.25, 0.3) is 0 Å². The van der Waals surface area contributed by atoms with Crippen molar-refractivity contribution in [2.24, 2.45) is 0 Å². The van der Waals surface area contributed by atoms with Gasteiger partial charge in [-0.1, -0.05) is 42.0 Å². The zero-order valence-corrected chi connectivity index (χ0v) is 17.9. The molecule has 1 fully saturated rings. The van der Waals surface area contributed by atoms with Gasteiger partial charge in [0.15, 0.2) is 5.11 Å². The molecule has 0 atom stereocenters. The summed E-state index contributed by atoms with van der Waals surface area (Å²) in [7, 11) is 0. The predicted molar refractivity (Wildman–Crippen MR) is 122 cm³/mol. The first kappa shape index (κ1) is 20.5. The summed E-state index contributed by atoms with van der Waals surface area (Å²) in [6, 6.07) is 15.2. The van der Waals surface area contributed by atoms with Crippen molar-refractivity contribution in [1.82, 2.24) is 19.6 Å². The Morgan fingerprint density at radius 1 is 1.03 bits per heavy atom. The van der Waals surface area contributed by atoms with Gasteiger partial charge >= 0.3 is 0 Å². The Morgan fingerprint density at radius 3 is 2.53 bits per heavy atom. The van der Waals surface area contributed by atoms with Crippen molar-refractivity contribution in [3.05, 3.63) is 83.4 Å². The van der Waals surface area contributed by atoms with Crippen molar-refractivity contribution in [2.75, 3.05) is 31.5 Å². The van der Waals surface area contributed by atoms with Crippen LogP contribution in [0.1, 0.15) is 16.7 Å². The third kappa shape index (κ3) is 5.43. The van der Waals surface area contributed by atoms with Crippen LogP contribution >= 0.6 is 12.2 Å². The average Bonchev–Trinajstić information content (AvgIpc) is 3.17. The van der Waals surface area contributed by atoms with Crippen molar-refractivity contribution >= 4 is 23.0 Å². The zero-order chi connectivity index (χ0) is 20.9. The topological polar surface area (TPSA) is 36.3 Å². The Hall–Kier alpha value is -2.77. The van der Waals surface area contributed by atoms with Crippen LogP contribution in [0, 0.1) is 12.7 Å². The fourth-order valence-corrected chi connectivity index (χ4v) is 3.97. The van der Waals surface area contributed by atoms with E-state index in [9.17, 15) is 4.39 Å². The molecule has 1 aliphatic rings. The number of piperazine rings is 1. The minimum absolute atomic E-state index is 0.231. The minimum Gasteiger partial charge on any atom is -0.346 e. The molecule has 1 aromatic heterocycles. The summed E-state index contributed by atoms with van der Waals surface area (Å²) in [5.74, 6) is -0.231. The van der Waals surface area contributed by atoms with Crippen LogP contribution in [0.3, 0.4) is 0 Å². The van der Waals surface area contributed by atoms with E-state index in [1.165, 1.54) is 23.3 Å². The first-order chi connectivity index (χ1) is 14.5. The maximum atomic E-state index is 13.0. The van der Waals surface area contributed by atoms with E-state index in [1.54, 1.807) is 18.3 Å². The van der Waals surface area contributed by atoms with Gasteiger partial charge in [0.1, 0.15) is 5.82 Å². The van der Waals surface area contributed by atoms with Crippen LogP contribution in [0.15, 0.2) is 60.9 Å². The van der Waals surface area contributed by atoms with Gasteiger partial charge in [0, 0.05) is 38.9 Å². The van der Waals surface area contributed by atoms with Crippen LogP contribution in [0.2, 0.25) is 0 Å². The lowest BCUT2D eigenvalue weighted by molar-refractivity contribution is 0.177. The number of aryl methyl sites for hydroxylation is 1. The fourth-order valence-electron chi connectivity index (χ4n) is 3.67. The largest absolute Gasteiger partial charge is 0.346 e. The maximum Gasteiger partial charge on any atom is 0.173 e. The third-order valence-electron chi connectivity index (χ3n) is 5.29. The number of nitrogens with one attached hydrogen (secondary N) is 1. The van der Waals surface area contributed by atoms with E-state index in [1.807, 2.05) is 10.9 Å². The van der Waals surface area contributed by atoms with Crippen molar-refractivity contribution < 1.29 is 4.39 Å². The zero-order valence-electron chi connectivity index (χ0n) is 17.1. The van der Waals surface area contributed by atoms with Crippen LogP contribution < -0.4 is 5.32 Å². The second kappa shape index (κ2) is 9.36. The molecular formula is C23H26FN5S. The summed E-state index contributed by atoms with van der Waals surface area (Å²) < 4.78 is 14.9. The molecule has 4 rings (SSSR count). The Balaban J connectivity index is 1.26. The quantitative estimate of drug-likeness (QED) is 0.630. The summed E-state index contributed by atoms with van der Waals surface area (Å²) >= 11 is 5.61. The Morgan fingerprint density at radius 2 is 1.80 bits per heavy atom. The molecule has 2 heterocycles. The van der Waals surface area contributed by atoms with Crippen LogP contribution in [0.25, 0.3) is 0 Å². The molecule has 0 spiro atoms. The molecule has 3 aromatic rings. The molecule has 2 aromatic carbocycles. The van der Waals surface area contributed by atoms with Gasteiger partial charge in [-0.3, -0.25) is 9.58 Å². The van der Waals surface area contributed by atoms with Gasteiger partial charge in [-0.15, -0.1) is 0 Å². The average molecular weight is 424 g/mol. The van der Waals surface area contributed by atoms with Gasteiger partial charge in [-0.2, -0.15) is 5.10 Å². The molecule has 0 bridgehead atoms. The van der Waals surface area contributed by atoms with Crippen LogP contribution in [-0.4, -0.2) is 50.9 Å². The number of halogens is 1. The highest BCUT2D eigenvalue weighted by Crippen LogP contribution is 2.13. The Bertz CT molecular complexity index is 993. The number of hydrogen-bond acceptors (Lipinski definition) is 3. The predicted octanol–water partition coefficient (Wildman–Crippen LogP) is 3.89. The highest BCUT2D eigenvalue weighted by molar-refractivity contribution is 7.80. The molecule has 0 radical (unpaired) electrons. The summed E-state index contributed by atoms with van der Waals surface area (Å²) in [4.78, 5) is 4.67. The number of anilines is 1. The Kier molecular flexibility index (Phi) is 6.40. The summed E-state index contributed by atoms with van der Waals surface area (Å²) in [5.41, 5.74) is 4.52. The smallest absolute Gasteiger partial charge is 0.173 e. The molecule has 1 aliphatic heterocycles. The number of hydrogen-bond donors (Lipinski definition) is 1. The van der Waals surface area contributed by atoms with E-state index in [0.717, 1.165) is 49.1 Å². The molecule has 0 aliphatic carbocycles. The fraction of sp³-hybridized carbons (Fsp3) is 0.304. The number of benzene rings is 2. The van der Waals surface area contributed by atoms with Crippen LogP contribution in [-0.2, 0) is 13.1 Å². The summed E-state index contributed by atoms with van der Waals surface area (Å²) in [6.07, 6.45) is 3.69. The van der Waals surface area contributed by atoms with Crippen molar-refractivity contribution in [3.63, 3.8) is 0 Å². The van der Waals surface area contributed by atoms with Crippen LogP contribution in [0.4, 0.5) is 10.1 Å². The molecule has 0 unspecified atom stereocenters. The lowest BCUT2D eigenvalue weighted by atomic mass is 10.1. The molecule has 7 heteroatoms. The third-order valence-corrected chi connectivity index (χ3v) is 5.65. The molecule has 1 N–H and O–H groups in total. The number of nitrogens with zero attached hydrogens (tertiary/aromatic N) is 4. The van der Waals surface area contributed by atoms with Gasteiger partial charge in [0.05, 0.1) is 18.4 Å². The van der Waals surface area contributed by atoms with E-state index < -0.39 is 0 Å².